The van der Waals surface area contributed by atoms with Crippen LogP contribution in [0.1, 0.15) is 16.2 Å². The molecule has 0 aliphatic heterocycles. The van der Waals surface area contributed by atoms with Crippen molar-refractivity contribution >= 4 is 16.9 Å². The highest BCUT2D eigenvalue weighted by Crippen LogP contribution is 2.13. The zero-order valence-corrected chi connectivity index (χ0v) is 9.87. The predicted octanol–water partition coefficient (Wildman–Crippen LogP) is 2.43. The number of fused-ring (bicyclic) bond motifs is 1. The molecule has 0 amide bonds. The van der Waals surface area contributed by atoms with Crippen molar-refractivity contribution in [3.63, 3.8) is 0 Å². The maximum absolute atomic E-state index is 12.3. The number of hydrogen-bond donors (Lipinski definition) is 0. The van der Waals surface area contributed by atoms with Crippen LogP contribution >= 0.6 is 0 Å². The van der Waals surface area contributed by atoms with Gasteiger partial charge in [-0.1, -0.05) is 18.2 Å². The van der Waals surface area contributed by atoms with Gasteiger partial charge >= 0.3 is 0 Å². The average molecular weight is 237 g/mol. The van der Waals surface area contributed by atoms with Crippen LogP contribution in [0.3, 0.4) is 0 Å². The van der Waals surface area contributed by atoms with Crippen molar-refractivity contribution < 1.29 is 4.79 Å². The summed E-state index contributed by atoms with van der Waals surface area (Å²) in [5.41, 5.74) is 2.85. The number of hydrogen-bond acceptors (Lipinski definition) is 3. The van der Waals surface area contributed by atoms with Crippen molar-refractivity contribution in [3.05, 3.63) is 60.2 Å². The third-order valence-corrected chi connectivity index (χ3v) is 2.78. The zero-order chi connectivity index (χ0) is 12.5. The van der Waals surface area contributed by atoms with E-state index in [0.717, 1.165) is 16.7 Å². The summed E-state index contributed by atoms with van der Waals surface area (Å²) in [4.78, 5) is 20.8. The van der Waals surface area contributed by atoms with Gasteiger partial charge in [0.1, 0.15) is 12.0 Å². The molecule has 0 bridgehead atoms. The van der Waals surface area contributed by atoms with E-state index in [1.54, 1.807) is 6.07 Å². The Balaban J connectivity index is 2.12. The molecule has 2 heterocycles. The molecule has 0 aliphatic carbocycles. The molecule has 3 aromatic rings. The van der Waals surface area contributed by atoms with Crippen LogP contribution in [0.25, 0.3) is 11.0 Å². The molecule has 0 saturated heterocycles. The molecule has 0 fully saturated rings. The van der Waals surface area contributed by atoms with Crippen LogP contribution in [0, 0.1) is 6.92 Å². The van der Waals surface area contributed by atoms with E-state index in [2.05, 4.69) is 9.97 Å². The number of aromatic nitrogens is 3. The number of benzene rings is 1. The first kappa shape index (κ1) is 10.7. The van der Waals surface area contributed by atoms with Gasteiger partial charge in [-0.3, -0.25) is 9.36 Å². The van der Waals surface area contributed by atoms with Crippen LogP contribution in [0.15, 0.2) is 48.8 Å². The molecule has 4 heteroatoms. The van der Waals surface area contributed by atoms with Crippen molar-refractivity contribution in [2.24, 2.45) is 0 Å². The van der Waals surface area contributed by atoms with E-state index in [-0.39, 0.29) is 5.91 Å². The number of para-hydroxylation sites is 2. The van der Waals surface area contributed by atoms with Crippen LogP contribution in [0.2, 0.25) is 0 Å². The molecule has 0 radical (unpaired) electrons. The molecule has 0 aliphatic rings. The Hall–Kier alpha value is -2.49. The normalized spacial score (nSPS) is 10.7. The van der Waals surface area contributed by atoms with Gasteiger partial charge in [0.25, 0.3) is 5.91 Å². The summed E-state index contributed by atoms with van der Waals surface area (Å²) < 4.78 is 1.52. The van der Waals surface area contributed by atoms with E-state index >= 15 is 0 Å². The highest BCUT2D eigenvalue weighted by atomic mass is 16.2. The minimum atomic E-state index is -0.160. The van der Waals surface area contributed by atoms with Crippen LogP contribution in [-0.4, -0.2) is 20.4 Å². The summed E-state index contributed by atoms with van der Waals surface area (Å²) in [5.74, 6) is -0.160. The number of nitrogens with zero attached hydrogens (tertiary/aromatic N) is 3. The number of aryl methyl sites for hydroxylation is 1. The van der Waals surface area contributed by atoms with Gasteiger partial charge in [-0.25, -0.2) is 9.97 Å². The lowest BCUT2D eigenvalue weighted by Gasteiger charge is -2.02. The van der Waals surface area contributed by atoms with E-state index < -0.39 is 0 Å². The minimum Gasteiger partial charge on any atom is -0.266 e. The fourth-order valence-electron chi connectivity index (χ4n) is 1.91. The SMILES string of the molecule is Cc1cccc(C(=O)n2cnc3ccccc32)n1. The second-order valence-electron chi connectivity index (χ2n) is 4.07. The van der Waals surface area contributed by atoms with E-state index in [9.17, 15) is 4.79 Å². The second kappa shape index (κ2) is 4.07. The van der Waals surface area contributed by atoms with Gasteiger partial charge in [0.05, 0.1) is 11.0 Å². The fraction of sp³-hybridized carbons (Fsp3) is 0.0714. The number of imidazole rings is 1. The molecule has 3 rings (SSSR count). The highest BCUT2D eigenvalue weighted by Gasteiger charge is 2.13. The quantitative estimate of drug-likeness (QED) is 0.653. The van der Waals surface area contributed by atoms with Gasteiger partial charge in [-0.2, -0.15) is 0 Å². The lowest BCUT2D eigenvalue weighted by molar-refractivity contribution is 0.0959. The molecule has 88 valence electrons. The van der Waals surface area contributed by atoms with Gasteiger partial charge in [0.15, 0.2) is 0 Å². The third kappa shape index (κ3) is 1.68. The summed E-state index contributed by atoms with van der Waals surface area (Å²) in [5, 5.41) is 0. The molecule has 0 N–H and O–H groups in total. The molecule has 0 atom stereocenters. The first-order valence-corrected chi connectivity index (χ1v) is 5.66. The number of pyridine rings is 1. The van der Waals surface area contributed by atoms with Gasteiger partial charge in [0, 0.05) is 5.69 Å². The summed E-state index contributed by atoms with van der Waals surface area (Å²) in [6.07, 6.45) is 1.54. The Kier molecular flexibility index (Phi) is 2.41. The van der Waals surface area contributed by atoms with Crippen molar-refractivity contribution in [1.82, 2.24) is 14.5 Å². The highest BCUT2D eigenvalue weighted by molar-refractivity contribution is 5.99. The standard InChI is InChI=1S/C14H11N3O/c1-10-5-4-7-12(16-10)14(18)17-9-15-11-6-2-3-8-13(11)17/h2-9H,1H3. The molecule has 0 spiro atoms. The Morgan fingerprint density at radius 3 is 2.78 bits per heavy atom. The number of carbonyl (C=O) groups excluding carboxylic acids is 1. The summed E-state index contributed by atoms with van der Waals surface area (Å²) in [6, 6.07) is 12.9. The fourth-order valence-corrected chi connectivity index (χ4v) is 1.91. The van der Waals surface area contributed by atoms with Crippen LogP contribution in [0.5, 0.6) is 0 Å². The summed E-state index contributed by atoms with van der Waals surface area (Å²) in [6.45, 7) is 1.86. The van der Waals surface area contributed by atoms with Crippen molar-refractivity contribution in [3.8, 4) is 0 Å². The van der Waals surface area contributed by atoms with Crippen molar-refractivity contribution in [2.75, 3.05) is 0 Å². The lowest BCUT2D eigenvalue weighted by Crippen LogP contribution is -2.12. The van der Waals surface area contributed by atoms with E-state index in [1.165, 1.54) is 10.9 Å². The van der Waals surface area contributed by atoms with Crippen LogP contribution in [-0.2, 0) is 0 Å². The molecule has 18 heavy (non-hydrogen) atoms. The van der Waals surface area contributed by atoms with E-state index in [0.29, 0.717) is 5.69 Å². The summed E-state index contributed by atoms with van der Waals surface area (Å²) >= 11 is 0. The topological polar surface area (TPSA) is 47.8 Å². The zero-order valence-electron chi connectivity index (χ0n) is 9.87. The second-order valence-corrected chi connectivity index (χ2v) is 4.07. The monoisotopic (exact) mass is 237 g/mol. The van der Waals surface area contributed by atoms with Gasteiger partial charge < -0.3 is 0 Å². The lowest BCUT2D eigenvalue weighted by atomic mass is 10.3. The first-order chi connectivity index (χ1) is 8.75. The van der Waals surface area contributed by atoms with Crippen molar-refractivity contribution in [1.29, 1.82) is 0 Å². The van der Waals surface area contributed by atoms with E-state index in [1.807, 2.05) is 43.3 Å². The summed E-state index contributed by atoms with van der Waals surface area (Å²) in [7, 11) is 0. The maximum atomic E-state index is 12.3. The molecular weight excluding hydrogens is 226 g/mol. The van der Waals surface area contributed by atoms with Crippen molar-refractivity contribution in [2.45, 2.75) is 6.92 Å². The number of rotatable bonds is 1. The molecule has 2 aromatic heterocycles. The largest absolute Gasteiger partial charge is 0.282 e. The van der Waals surface area contributed by atoms with Gasteiger partial charge in [0.2, 0.25) is 0 Å². The third-order valence-electron chi connectivity index (χ3n) is 2.78. The van der Waals surface area contributed by atoms with E-state index in [4.69, 9.17) is 0 Å². The molecule has 0 saturated carbocycles. The smallest absolute Gasteiger partial charge is 0.266 e. The predicted molar refractivity (Wildman–Crippen MR) is 68.4 cm³/mol. The molecule has 1 aromatic carbocycles. The molecule has 4 nitrogen and oxygen atoms in total. The minimum absolute atomic E-state index is 0.160. The Morgan fingerprint density at radius 1 is 1.11 bits per heavy atom. The Labute approximate surface area is 104 Å². The average Bonchev–Trinajstić information content (AvgIpc) is 2.82. The Bertz CT molecular complexity index is 730. The van der Waals surface area contributed by atoms with Crippen LogP contribution < -0.4 is 0 Å². The maximum Gasteiger partial charge on any atom is 0.282 e. The Morgan fingerprint density at radius 2 is 1.94 bits per heavy atom. The first-order valence-electron chi connectivity index (χ1n) is 5.66. The van der Waals surface area contributed by atoms with Gasteiger partial charge in [-0.15, -0.1) is 0 Å². The van der Waals surface area contributed by atoms with Gasteiger partial charge in [-0.05, 0) is 31.2 Å². The molecular formula is C14H11N3O. The number of carbonyl (C=O) groups is 1. The molecule has 0 unspecified atom stereocenters. The van der Waals surface area contributed by atoms with Crippen LogP contribution in [0.4, 0.5) is 0 Å².